The molecule has 0 unspecified atom stereocenters. The van der Waals surface area contributed by atoms with Crippen molar-refractivity contribution in [3.8, 4) is 11.5 Å². The van der Waals surface area contributed by atoms with Crippen LogP contribution in [0.15, 0.2) is 38.8 Å². The van der Waals surface area contributed by atoms with E-state index in [-0.39, 0.29) is 6.10 Å². The van der Waals surface area contributed by atoms with E-state index >= 15 is 0 Å². The molecule has 0 N–H and O–H groups in total. The van der Waals surface area contributed by atoms with Crippen molar-refractivity contribution in [1.29, 1.82) is 0 Å². The van der Waals surface area contributed by atoms with Crippen molar-refractivity contribution in [1.82, 2.24) is 15.0 Å². The second-order valence-electron chi connectivity index (χ2n) is 5.58. The van der Waals surface area contributed by atoms with Gasteiger partial charge in [-0.1, -0.05) is 5.16 Å². The first-order chi connectivity index (χ1) is 11.3. The molecule has 1 aliphatic rings. The standard InChI is InChI=1S/C16H17N3O3S/c1-11-10-23-16(17-11)15-9-19(4-6-21-15)8-12-7-14(22-18-12)13-3-2-5-20-13/h2-3,5,7,10,15H,4,6,8-9H2,1H3/t15-/m1/s1. The van der Waals surface area contributed by atoms with Gasteiger partial charge >= 0.3 is 0 Å². The minimum Gasteiger partial charge on any atom is -0.461 e. The third-order valence-electron chi connectivity index (χ3n) is 3.77. The Morgan fingerprint density at radius 3 is 3.13 bits per heavy atom. The monoisotopic (exact) mass is 331 g/mol. The van der Waals surface area contributed by atoms with Crippen LogP contribution in [0.3, 0.4) is 0 Å². The molecular formula is C16H17N3O3S. The smallest absolute Gasteiger partial charge is 0.202 e. The zero-order chi connectivity index (χ0) is 15.6. The molecule has 1 saturated heterocycles. The van der Waals surface area contributed by atoms with E-state index in [2.05, 4.69) is 20.4 Å². The number of morpholine rings is 1. The van der Waals surface area contributed by atoms with E-state index in [4.69, 9.17) is 13.7 Å². The summed E-state index contributed by atoms with van der Waals surface area (Å²) < 4.78 is 16.5. The molecular weight excluding hydrogens is 314 g/mol. The van der Waals surface area contributed by atoms with Gasteiger partial charge in [0.25, 0.3) is 0 Å². The molecule has 120 valence electrons. The predicted octanol–water partition coefficient (Wildman–Crippen LogP) is 3.27. The van der Waals surface area contributed by atoms with Crippen LogP contribution in [0.1, 0.15) is 22.5 Å². The Labute approximate surface area is 137 Å². The fourth-order valence-electron chi connectivity index (χ4n) is 2.67. The zero-order valence-corrected chi connectivity index (χ0v) is 13.6. The largest absolute Gasteiger partial charge is 0.461 e. The molecule has 0 radical (unpaired) electrons. The highest BCUT2D eigenvalue weighted by atomic mass is 32.1. The lowest BCUT2D eigenvalue weighted by molar-refractivity contribution is -0.0336. The van der Waals surface area contributed by atoms with Crippen LogP contribution >= 0.6 is 11.3 Å². The number of hydrogen-bond acceptors (Lipinski definition) is 7. The van der Waals surface area contributed by atoms with Crippen molar-refractivity contribution < 1.29 is 13.7 Å². The Morgan fingerprint density at radius 1 is 1.39 bits per heavy atom. The second-order valence-corrected chi connectivity index (χ2v) is 6.47. The molecule has 4 rings (SSSR count). The summed E-state index contributed by atoms with van der Waals surface area (Å²) in [7, 11) is 0. The van der Waals surface area contributed by atoms with Crippen LogP contribution in [-0.4, -0.2) is 34.7 Å². The highest BCUT2D eigenvalue weighted by Gasteiger charge is 2.25. The summed E-state index contributed by atoms with van der Waals surface area (Å²) in [5.41, 5.74) is 1.94. The molecule has 0 aromatic carbocycles. The fourth-order valence-corrected chi connectivity index (χ4v) is 3.50. The van der Waals surface area contributed by atoms with Crippen molar-refractivity contribution in [2.45, 2.75) is 19.6 Å². The van der Waals surface area contributed by atoms with Gasteiger partial charge in [0.15, 0.2) is 5.76 Å². The van der Waals surface area contributed by atoms with E-state index in [0.29, 0.717) is 18.1 Å². The SMILES string of the molecule is Cc1csc([C@H]2CN(Cc3cc(-c4ccco4)on3)CCO2)n1. The maximum absolute atomic E-state index is 5.86. The summed E-state index contributed by atoms with van der Waals surface area (Å²) in [5.74, 6) is 1.35. The van der Waals surface area contributed by atoms with Crippen LogP contribution in [0.4, 0.5) is 0 Å². The topological polar surface area (TPSA) is 64.5 Å². The molecule has 0 aliphatic carbocycles. The fraction of sp³-hybridized carbons (Fsp3) is 0.375. The van der Waals surface area contributed by atoms with Gasteiger partial charge < -0.3 is 13.7 Å². The Kier molecular flexibility index (Phi) is 3.99. The first-order valence-corrected chi connectivity index (χ1v) is 8.41. The van der Waals surface area contributed by atoms with E-state index in [9.17, 15) is 0 Å². The minimum absolute atomic E-state index is 0.0406. The Balaban J connectivity index is 1.42. The molecule has 1 aliphatic heterocycles. The number of aryl methyl sites for hydroxylation is 1. The van der Waals surface area contributed by atoms with Crippen LogP contribution in [0, 0.1) is 6.92 Å². The highest BCUT2D eigenvalue weighted by Crippen LogP contribution is 2.27. The Morgan fingerprint density at radius 2 is 2.35 bits per heavy atom. The van der Waals surface area contributed by atoms with Crippen molar-refractivity contribution in [3.63, 3.8) is 0 Å². The van der Waals surface area contributed by atoms with Gasteiger partial charge in [-0.3, -0.25) is 4.90 Å². The van der Waals surface area contributed by atoms with E-state index in [0.717, 1.165) is 36.0 Å². The molecule has 0 spiro atoms. The average Bonchev–Trinajstić information content (AvgIpc) is 3.28. The molecule has 7 heteroatoms. The molecule has 1 atom stereocenters. The van der Waals surface area contributed by atoms with Crippen molar-refractivity contribution in [3.05, 3.63) is 46.2 Å². The maximum Gasteiger partial charge on any atom is 0.202 e. The number of rotatable bonds is 4. The van der Waals surface area contributed by atoms with Gasteiger partial charge in [-0.15, -0.1) is 11.3 Å². The van der Waals surface area contributed by atoms with Crippen molar-refractivity contribution in [2.75, 3.05) is 19.7 Å². The molecule has 3 aromatic rings. The first kappa shape index (κ1) is 14.6. The Hall–Kier alpha value is -1.96. The van der Waals surface area contributed by atoms with E-state index in [1.54, 1.807) is 17.6 Å². The summed E-state index contributed by atoms with van der Waals surface area (Å²) in [6, 6.07) is 5.62. The number of nitrogens with zero attached hydrogens (tertiary/aromatic N) is 3. The van der Waals surface area contributed by atoms with E-state index in [1.807, 2.05) is 25.1 Å². The van der Waals surface area contributed by atoms with Gasteiger partial charge in [0.05, 0.1) is 18.6 Å². The van der Waals surface area contributed by atoms with E-state index < -0.39 is 0 Å². The predicted molar refractivity (Wildman–Crippen MR) is 85.0 cm³/mol. The van der Waals surface area contributed by atoms with Crippen molar-refractivity contribution >= 4 is 11.3 Å². The normalized spacial score (nSPS) is 19.3. The zero-order valence-electron chi connectivity index (χ0n) is 12.8. The number of furan rings is 1. The second kappa shape index (κ2) is 6.27. The van der Waals surface area contributed by atoms with E-state index in [1.165, 1.54) is 0 Å². The number of thiazole rings is 1. The summed E-state index contributed by atoms with van der Waals surface area (Å²) >= 11 is 1.66. The third-order valence-corrected chi connectivity index (χ3v) is 4.83. The van der Waals surface area contributed by atoms with Gasteiger partial charge in [-0.05, 0) is 19.1 Å². The molecule has 1 fully saturated rings. The molecule has 0 saturated carbocycles. The molecule has 6 nitrogen and oxygen atoms in total. The van der Waals surface area contributed by atoms with Gasteiger partial charge in [0.2, 0.25) is 5.76 Å². The summed E-state index contributed by atoms with van der Waals surface area (Å²) in [4.78, 5) is 6.85. The molecule has 0 amide bonds. The van der Waals surface area contributed by atoms with Crippen LogP contribution in [0.25, 0.3) is 11.5 Å². The summed E-state index contributed by atoms with van der Waals surface area (Å²) in [5, 5.41) is 7.24. The van der Waals surface area contributed by atoms with Crippen LogP contribution in [-0.2, 0) is 11.3 Å². The van der Waals surface area contributed by atoms with Gasteiger partial charge in [-0.2, -0.15) is 0 Å². The van der Waals surface area contributed by atoms with Gasteiger partial charge in [0, 0.05) is 36.8 Å². The highest BCUT2D eigenvalue weighted by molar-refractivity contribution is 7.09. The van der Waals surface area contributed by atoms with Crippen molar-refractivity contribution in [2.24, 2.45) is 0 Å². The molecule has 0 bridgehead atoms. The quantitative estimate of drug-likeness (QED) is 0.731. The Bertz CT molecular complexity index is 765. The molecule has 3 aromatic heterocycles. The molecule has 4 heterocycles. The number of ether oxygens (including phenoxy) is 1. The van der Waals surface area contributed by atoms with Crippen LogP contribution < -0.4 is 0 Å². The van der Waals surface area contributed by atoms with Crippen LogP contribution in [0.5, 0.6) is 0 Å². The maximum atomic E-state index is 5.86. The van der Waals surface area contributed by atoms with Gasteiger partial charge in [0.1, 0.15) is 11.1 Å². The lowest BCUT2D eigenvalue weighted by atomic mass is 10.2. The average molecular weight is 331 g/mol. The van der Waals surface area contributed by atoms with Gasteiger partial charge in [-0.25, -0.2) is 4.98 Å². The first-order valence-electron chi connectivity index (χ1n) is 7.53. The lowest BCUT2D eigenvalue weighted by Crippen LogP contribution is -2.37. The number of hydrogen-bond donors (Lipinski definition) is 0. The molecule has 23 heavy (non-hydrogen) atoms. The summed E-state index contributed by atoms with van der Waals surface area (Å²) in [6.45, 7) is 5.13. The number of aromatic nitrogens is 2. The van der Waals surface area contributed by atoms with Crippen LogP contribution in [0.2, 0.25) is 0 Å². The lowest BCUT2D eigenvalue weighted by Gasteiger charge is -2.31. The minimum atomic E-state index is 0.0406. The third kappa shape index (κ3) is 3.21. The summed E-state index contributed by atoms with van der Waals surface area (Å²) in [6.07, 6.45) is 1.67.